The molecule has 7 heteroatoms. The van der Waals surface area contributed by atoms with Gasteiger partial charge >= 0.3 is 0 Å². The van der Waals surface area contributed by atoms with E-state index in [4.69, 9.17) is 18.9 Å². The number of hydrogen-bond donors (Lipinski definition) is 1. The number of nitrogens with one attached hydrogen (secondary N) is 1. The maximum Gasteiger partial charge on any atom is 0.250 e. The van der Waals surface area contributed by atoms with Crippen LogP contribution in [-0.4, -0.2) is 17.7 Å². The SMILES string of the molecule is N#Cc1ccc(NC(=O)COCc2cc(-c3ccco3)on2)cc1. The third-order valence-corrected chi connectivity index (χ3v) is 3.10. The van der Waals surface area contributed by atoms with Crippen molar-refractivity contribution in [3.8, 4) is 17.6 Å². The summed E-state index contributed by atoms with van der Waals surface area (Å²) in [4.78, 5) is 11.8. The van der Waals surface area contributed by atoms with Crippen LogP contribution >= 0.6 is 0 Å². The number of nitriles is 1. The number of carbonyl (C=O) groups excluding carboxylic acids is 1. The van der Waals surface area contributed by atoms with Crippen molar-refractivity contribution in [3.05, 3.63) is 60.0 Å². The molecule has 2 heterocycles. The Labute approximate surface area is 137 Å². The second-order valence-corrected chi connectivity index (χ2v) is 4.89. The molecular formula is C17H13N3O4. The summed E-state index contributed by atoms with van der Waals surface area (Å²) in [6, 6.07) is 13.8. The van der Waals surface area contributed by atoms with Crippen LogP contribution in [0.25, 0.3) is 11.5 Å². The number of rotatable bonds is 6. The molecule has 0 aliphatic rings. The molecule has 0 saturated heterocycles. The highest BCUT2D eigenvalue weighted by atomic mass is 16.5. The van der Waals surface area contributed by atoms with Crippen molar-refractivity contribution in [3.63, 3.8) is 0 Å². The molecule has 0 spiro atoms. The van der Waals surface area contributed by atoms with Gasteiger partial charge in [-0.15, -0.1) is 0 Å². The average Bonchev–Trinajstić information content (AvgIpc) is 3.27. The minimum absolute atomic E-state index is 0.122. The van der Waals surface area contributed by atoms with E-state index in [9.17, 15) is 4.79 Å². The quantitative estimate of drug-likeness (QED) is 0.748. The highest BCUT2D eigenvalue weighted by molar-refractivity contribution is 5.91. The maximum absolute atomic E-state index is 11.8. The fourth-order valence-corrected chi connectivity index (χ4v) is 1.99. The standard InChI is InChI=1S/C17H13N3O4/c18-9-12-3-5-13(6-4-12)19-17(21)11-22-10-14-8-16(24-20-14)15-2-1-7-23-15/h1-8H,10-11H2,(H,19,21). The Morgan fingerprint density at radius 2 is 2.08 bits per heavy atom. The Kier molecular flexibility index (Phi) is 4.70. The lowest BCUT2D eigenvalue weighted by Crippen LogP contribution is -2.18. The molecule has 3 rings (SSSR count). The predicted octanol–water partition coefficient (Wildman–Crippen LogP) is 2.96. The van der Waals surface area contributed by atoms with E-state index < -0.39 is 0 Å². The highest BCUT2D eigenvalue weighted by Crippen LogP contribution is 2.20. The zero-order valence-electron chi connectivity index (χ0n) is 12.6. The summed E-state index contributed by atoms with van der Waals surface area (Å²) in [5, 5.41) is 15.2. The van der Waals surface area contributed by atoms with Crippen LogP contribution in [0.5, 0.6) is 0 Å². The highest BCUT2D eigenvalue weighted by Gasteiger charge is 2.10. The molecule has 0 fully saturated rings. The monoisotopic (exact) mass is 323 g/mol. The molecule has 0 bridgehead atoms. The van der Waals surface area contributed by atoms with Crippen molar-refractivity contribution in [1.29, 1.82) is 5.26 Å². The first-order chi connectivity index (χ1) is 11.7. The van der Waals surface area contributed by atoms with Gasteiger partial charge in [0, 0.05) is 11.8 Å². The lowest BCUT2D eigenvalue weighted by atomic mass is 10.2. The molecule has 0 aliphatic heterocycles. The Morgan fingerprint density at radius 1 is 1.25 bits per heavy atom. The number of aromatic nitrogens is 1. The number of carbonyl (C=O) groups is 1. The first-order valence-corrected chi connectivity index (χ1v) is 7.12. The van der Waals surface area contributed by atoms with E-state index in [2.05, 4.69) is 10.5 Å². The Morgan fingerprint density at radius 3 is 2.79 bits per heavy atom. The zero-order chi connectivity index (χ0) is 16.8. The minimum atomic E-state index is -0.297. The molecule has 0 atom stereocenters. The number of ether oxygens (including phenoxy) is 1. The van der Waals surface area contributed by atoms with E-state index in [0.29, 0.717) is 28.5 Å². The van der Waals surface area contributed by atoms with E-state index in [1.807, 2.05) is 6.07 Å². The van der Waals surface area contributed by atoms with Crippen LogP contribution in [0.15, 0.2) is 57.7 Å². The van der Waals surface area contributed by atoms with Crippen LogP contribution in [0.3, 0.4) is 0 Å². The first kappa shape index (κ1) is 15.5. The van der Waals surface area contributed by atoms with Gasteiger partial charge in [0.05, 0.1) is 24.5 Å². The van der Waals surface area contributed by atoms with Crippen LogP contribution in [0.4, 0.5) is 5.69 Å². The van der Waals surface area contributed by atoms with Crippen LogP contribution in [0.1, 0.15) is 11.3 Å². The van der Waals surface area contributed by atoms with Gasteiger partial charge in [-0.3, -0.25) is 4.79 Å². The summed E-state index contributed by atoms with van der Waals surface area (Å²) in [5.41, 5.74) is 1.69. The van der Waals surface area contributed by atoms with Gasteiger partial charge in [0.25, 0.3) is 0 Å². The van der Waals surface area contributed by atoms with E-state index in [1.54, 1.807) is 48.7 Å². The normalized spacial score (nSPS) is 10.3. The fourth-order valence-electron chi connectivity index (χ4n) is 1.99. The van der Waals surface area contributed by atoms with Crippen LogP contribution < -0.4 is 5.32 Å². The van der Waals surface area contributed by atoms with E-state index in [-0.39, 0.29) is 19.1 Å². The molecule has 120 valence electrons. The van der Waals surface area contributed by atoms with Gasteiger partial charge < -0.3 is 19.0 Å². The van der Waals surface area contributed by atoms with Crippen molar-refractivity contribution in [2.75, 3.05) is 11.9 Å². The molecule has 0 aliphatic carbocycles. The molecule has 24 heavy (non-hydrogen) atoms. The number of amides is 1. The average molecular weight is 323 g/mol. The number of nitrogens with zero attached hydrogens (tertiary/aromatic N) is 2. The Balaban J connectivity index is 1.46. The molecule has 0 unspecified atom stereocenters. The maximum atomic E-state index is 11.8. The van der Waals surface area contributed by atoms with Gasteiger partial charge in [0.1, 0.15) is 12.3 Å². The van der Waals surface area contributed by atoms with Crippen LogP contribution in [-0.2, 0) is 16.1 Å². The molecule has 0 saturated carbocycles. The van der Waals surface area contributed by atoms with E-state index >= 15 is 0 Å². The van der Waals surface area contributed by atoms with Crippen molar-refractivity contribution >= 4 is 11.6 Å². The first-order valence-electron chi connectivity index (χ1n) is 7.12. The van der Waals surface area contributed by atoms with Gasteiger partial charge in [-0.2, -0.15) is 5.26 Å². The second-order valence-electron chi connectivity index (χ2n) is 4.89. The summed E-state index contributed by atoms with van der Waals surface area (Å²) >= 11 is 0. The molecule has 1 N–H and O–H groups in total. The Bertz CT molecular complexity index is 845. The van der Waals surface area contributed by atoms with Gasteiger partial charge in [0.15, 0.2) is 5.76 Å². The smallest absolute Gasteiger partial charge is 0.250 e. The van der Waals surface area contributed by atoms with Crippen LogP contribution in [0, 0.1) is 11.3 Å². The van der Waals surface area contributed by atoms with E-state index in [0.717, 1.165) is 0 Å². The van der Waals surface area contributed by atoms with Crippen LogP contribution in [0.2, 0.25) is 0 Å². The summed E-state index contributed by atoms with van der Waals surface area (Å²) in [5.74, 6) is 0.780. The number of benzene rings is 1. The van der Waals surface area contributed by atoms with Crippen molar-refractivity contribution in [2.24, 2.45) is 0 Å². The predicted molar refractivity (Wildman–Crippen MR) is 83.6 cm³/mol. The molecule has 0 radical (unpaired) electrons. The van der Waals surface area contributed by atoms with Gasteiger partial charge in [-0.25, -0.2) is 0 Å². The molecular weight excluding hydrogens is 310 g/mol. The lowest BCUT2D eigenvalue weighted by molar-refractivity contribution is -0.121. The second kappa shape index (κ2) is 7.26. The molecule has 3 aromatic rings. The summed E-state index contributed by atoms with van der Waals surface area (Å²) in [7, 11) is 0. The molecule has 1 aromatic carbocycles. The molecule has 2 aromatic heterocycles. The topological polar surface area (TPSA) is 101 Å². The number of anilines is 1. The van der Waals surface area contributed by atoms with Gasteiger partial charge in [0.2, 0.25) is 11.7 Å². The zero-order valence-corrected chi connectivity index (χ0v) is 12.6. The molecule has 7 nitrogen and oxygen atoms in total. The largest absolute Gasteiger partial charge is 0.461 e. The summed E-state index contributed by atoms with van der Waals surface area (Å²) < 4.78 is 15.6. The van der Waals surface area contributed by atoms with Crippen molar-refractivity contribution in [2.45, 2.75) is 6.61 Å². The van der Waals surface area contributed by atoms with Crippen molar-refractivity contribution < 1.29 is 18.5 Å². The summed E-state index contributed by atoms with van der Waals surface area (Å²) in [6.07, 6.45) is 1.54. The third-order valence-electron chi connectivity index (χ3n) is 3.10. The third kappa shape index (κ3) is 3.88. The minimum Gasteiger partial charge on any atom is -0.461 e. The number of furan rings is 1. The number of hydrogen-bond acceptors (Lipinski definition) is 6. The molecule has 1 amide bonds. The van der Waals surface area contributed by atoms with E-state index in [1.165, 1.54) is 0 Å². The van der Waals surface area contributed by atoms with Gasteiger partial charge in [-0.05, 0) is 36.4 Å². The lowest BCUT2D eigenvalue weighted by Gasteiger charge is -2.05. The van der Waals surface area contributed by atoms with Crippen molar-refractivity contribution in [1.82, 2.24) is 5.16 Å². The van der Waals surface area contributed by atoms with Gasteiger partial charge in [-0.1, -0.05) is 5.16 Å². The Hall–Kier alpha value is -3.37. The fraction of sp³-hybridized carbons (Fsp3) is 0.118. The summed E-state index contributed by atoms with van der Waals surface area (Å²) in [6.45, 7) is 0.0218.